The number of likely N-dealkylation sites (N-methyl/N-ethyl adjacent to an activating group) is 1. The monoisotopic (exact) mass is 206 g/mol. The molecule has 0 spiro atoms. The van der Waals surface area contributed by atoms with E-state index in [2.05, 4.69) is 22.0 Å². The van der Waals surface area contributed by atoms with Gasteiger partial charge in [0.15, 0.2) is 0 Å². The van der Waals surface area contributed by atoms with Crippen molar-refractivity contribution in [2.45, 2.75) is 32.2 Å². The van der Waals surface area contributed by atoms with E-state index in [1.807, 2.05) is 6.07 Å². The number of likely N-dealkylation sites (tertiary alicyclic amines) is 1. The quantitative estimate of drug-likeness (QED) is 0.804. The number of nitrogens with two attached hydrogens (primary N) is 1. The van der Waals surface area contributed by atoms with Crippen LogP contribution in [0.5, 0.6) is 0 Å². The second kappa shape index (κ2) is 4.57. The summed E-state index contributed by atoms with van der Waals surface area (Å²) in [5, 5.41) is 8.00. The van der Waals surface area contributed by atoms with Crippen molar-refractivity contribution in [1.82, 2.24) is 15.1 Å². The number of hydrogen-bond donors (Lipinski definition) is 1. The van der Waals surface area contributed by atoms with Crippen LogP contribution in [0.2, 0.25) is 0 Å². The molecule has 15 heavy (non-hydrogen) atoms. The van der Waals surface area contributed by atoms with E-state index in [9.17, 15) is 0 Å². The zero-order chi connectivity index (χ0) is 10.7. The molecular formula is C11H18N4. The Balaban J connectivity index is 2.02. The van der Waals surface area contributed by atoms with Gasteiger partial charge in [-0.3, -0.25) is 0 Å². The SMILES string of the molecule is CCN1CCCC1Cc1cc(N)cnn1. The van der Waals surface area contributed by atoms with Crippen LogP contribution in [0.3, 0.4) is 0 Å². The van der Waals surface area contributed by atoms with E-state index in [1.165, 1.54) is 19.4 Å². The number of nitrogen functional groups attached to an aromatic ring is 1. The summed E-state index contributed by atoms with van der Waals surface area (Å²) in [5.74, 6) is 0. The fourth-order valence-electron chi connectivity index (χ4n) is 2.31. The molecule has 1 aromatic heterocycles. The maximum Gasteiger partial charge on any atom is 0.0726 e. The van der Waals surface area contributed by atoms with Gasteiger partial charge in [-0.05, 0) is 32.0 Å². The van der Waals surface area contributed by atoms with Gasteiger partial charge in [0.05, 0.1) is 17.6 Å². The summed E-state index contributed by atoms with van der Waals surface area (Å²) >= 11 is 0. The first-order valence-corrected chi connectivity index (χ1v) is 5.60. The summed E-state index contributed by atoms with van der Waals surface area (Å²) in [6.45, 7) is 4.56. The highest BCUT2D eigenvalue weighted by molar-refractivity contribution is 5.34. The number of hydrogen-bond acceptors (Lipinski definition) is 4. The molecule has 0 bridgehead atoms. The van der Waals surface area contributed by atoms with Crippen LogP contribution in [-0.2, 0) is 6.42 Å². The van der Waals surface area contributed by atoms with Crippen molar-refractivity contribution in [2.24, 2.45) is 0 Å². The molecule has 1 aliphatic heterocycles. The molecule has 0 radical (unpaired) electrons. The molecule has 1 unspecified atom stereocenters. The van der Waals surface area contributed by atoms with Gasteiger partial charge in [0.2, 0.25) is 0 Å². The van der Waals surface area contributed by atoms with Crippen molar-refractivity contribution in [1.29, 1.82) is 0 Å². The van der Waals surface area contributed by atoms with Gasteiger partial charge < -0.3 is 10.6 Å². The Morgan fingerprint density at radius 3 is 3.20 bits per heavy atom. The normalized spacial score (nSPS) is 22.1. The molecule has 1 aromatic rings. The summed E-state index contributed by atoms with van der Waals surface area (Å²) in [5.41, 5.74) is 7.41. The smallest absolute Gasteiger partial charge is 0.0726 e. The first kappa shape index (κ1) is 10.4. The van der Waals surface area contributed by atoms with Gasteiger partial charge in [-0.1, -0.05) is 6.92 Å². The van der Waals surface area contributed by atoms with Gasteiger partial charge in [0, 0.05) is 12.5 Å². The van der Waals surface area contributed by atoms with Gasteiger partial charge in [-0.15, -0.1) is 0 Å². The Morgan fingerprint density at radius 1 is 1.60 bits per heavy atom. The van der Waals surface area contributed by atoms with Gasteiger partial charge in [0.25, 0.3) is 0 Å². The minimum atomic E-state index is 0.631. The van der Waals surface area contributed by atoms with E-state index in [0.717, 1.165) is 18.7 Å². The summed E-state index contributed by atoms with van der Waals surface area (Å²) in [6.07, 6.45) is 5.14. The molecule has 0 aromatic carbocycles. The topological polar surface area (TPSA) is 55.0 Å². The van der Waals surface area contributed by atoms with Crippen LogP contribution < -0.4 is 5.73 Å². The Kier molecular flexibility index (Phi) is 3.16. The molecule has 2 N–H and O–H groups in total. The van der Waals surface area contributed by atoms with E-state index in [4.69, 9.17) is 5.73 Å². The number of anilines is 1. The van der Waals surface area contributed by atoms with E-state index in [1.54, 1.807) is 6.20 Å². The molecule has 1 atom stereocenters. The highest BCUT2D eigenvalue weighted by Crippen LogP contribution is 2.20. The van der Waals surface area contributed by atoms with Crippen LogP contribution in [-0.4, -0.2) is 34.2 Å². The van der Waals surface area contributed by atoms with E-state index in [-0.39, 0.29) is 0 Å². The number of nitrogens with zero attached hydrogens (tertiary/aromatic N) is 3. The Hall–Kier alpha value is -1.16. The zero-order valence-electron chi connectivity index (χ0n) is 9.19. The fraction of sp³-hybridized carbons (Fsp3) is 0.636. The molecule has 4 heteroatoms. The molecule has 0 aliphatic carbocycles. The van der Waals surface area contributed by atoms with Crippen LogP contribution in [0, 0.1) is 0 Å². The van der Waals surface area contributed by atoms with E-state index in [0.29, 0.717) is 11.7 Å². The zero-order valence-corrected chi connectivity index (χ0v) is 9.19. The molecule has 82 valence electrons. The molecule has 1 fully saturated rings. The molecule has 4 nitrogen and oxygen atoms in total. The fourth-order valence-corrected chi connectivity index (χ4v) is 2.31. The highest BCUT2D eigenvalue weighted by Gasteiger charge is 2.23. The molecule has 2 rings (SSSR count). The van der Waals surface area contributed by atoms with Crippen molar-refractivity contribution in [2.75, 3.05) is 18.8 Å². The first-order valence-electron chi connectivity index (χ1n) is 5.60. The Labute approximate surface area is 90.5 Å². The van der Waals surface area contributed by atoms with Gasteiger partial charge in [-0.2, -0.15) is 10.2 Å². The lowest BCUT2D eigenvalue weighted by molar-refractivity contribution is 0.264. The second-order valence-corrected chi connectivity index (χ2v) is 4.11. The minimum Gasteiger partial charge on any atom is -0.397 e. The standard InChI is InChI=1S/C11H18N4/c1-2-15-5-3-4-11(15)7-10-6-9(12)8-13-14-10/h6,8,11H,2-5,7H2,1H3,(H2,12,14). The summed E-state index contributed by atoms with van der Waals surface area (Å²) in [4.78, 5) is 2.50. The maximum absolute atomic E-state index is 5.68. The largest absolute Gasteiger partial charge is 0.397 e. The van der Waals surface area contributed by atoms with Crippen molar-refractivity contribution < 1.29 is 0 Å². The average molecular weight is 206 g/mol. The van der Waals surface area contributed by atoms with Crippen molar-refractivity contribution in [3.63, 3.8) is 0 Å². The van der Waals surface area contributed by atoms with Crippen molar-refractivity contribution >= 4 is 5.69 Å². The average Bonchev–Trinajstić information content (AvgIpc) is 2.65. The van der Waals surface area contributed by atoms with E-state index >= 15 is 0 Å². The third kappa shape index (κ3) is 2.45. The summed E-state index contributed by atoms with van der Waals surface area (Å²) in [7, 11) is 0. The first-order chi connectivity index (χ1) is 7.29. The molecule has 1 saturated heterocycles. The Bertz CT molecular complexity index is 326. The van der Waals surface area contributed by atoms with Crippen LogP contribution >= 0.6 is 0 Å². The van der Waals surface area contributed by atoms with Crippen LogP contribution in [0.25, 0.3) is 0 Å². The number of aromatic nitrogens is 2. The second-order valence-electron chi connectivity index (χ2n) is 4.11. The van der Waals surface area contributed by atoms with Crippen LogP contribution in [0.4, 0.5) is 5.69 Å². The van der Waals surface area contributed by atoms with Gasteiger partial charge in [-0.25, -0.2) is 0 Å². The third-order valence-corrected chi connectivity index (χ3v) is 3.08. The van der Waals surface area contributed by atoms with Crippen molar-refractivity contribution in [3.05, 3.63) is 18.0 Å². The molecule has 0 amide bonds. The predicted molar refractivity (Wildman–Crippen MR) is 60.4 cm³/mol. The predicted octanol–water partition coefficient (Wildman–Crippen LogP) is 1.09. The molecular weight excluding hydrogens is 188 g/mol. The minimum absolute atomic E-state index is 0.631. The lowest BCUT2D eigenvalue weighted by Gasteiger charge is -2.22. The summed E-state index contributed by atoms with van der Waals surface area (Å²) in [6, 6.07) is 2.56. The Morgan fingerprint density at radius 2 is 2.47 bits per heavy atom. The van der Waals surface area contributed by atoms with Crippen molar-refractivity contribution in [3.8, 4) is 0 Å². The highest BCUT2D eigenvalue weighted by atomic mass is 15.2. The molecule has 2 heterocycles. The number of rotatable bonds is 3. The van der Waals surface area contributed by atoms with Crippen LogP contribution in [0.15, 0.2) is 12.3 Å². The van der Waals surface area contributed by atoms with Crippen LogP contribution in [0.1, 0.15) is 25.5 Å². The lowest BCUT2D eigenvalue weighted by atomic mass is 10.1. The van der Waals surface area contributed by atoms with E-state index < -0.39 is 0 Å². The lowest BCUT2D eigenvalue weighted by Crippen LogP contribution is -2.31. The van der Waals surface area contributed by atoms with Gasteiger partial charge >= 0.3 is 0 Å². The maximum atomic E-state index is 5.68. The summed E-state index contributed by atoms with van der Waals surface area (Å²) < 4.78 is 0. The third-order valence-electron chi connectivity index (χ3n) is 3.08. The molecule has 0 saturated carbocycles. The van der Waals surface area contributed by atoms with Gasteiger partial charge in [0.1, 0.15) is 0 Å². The molecule has 1 aliphatic rings.